The molecule has 0 aliphatic rings. The second kappa shape index (κ2) is 26.2. The van der Waals surface area contributed by atoms with E-state index in [1.54, 1.807) is 31.2 Å². The molecule has 0 aliphatic heterocycles. The Labute approximate surface area is 359 Å². The third-order valence-corrected chi connectivity index (χ3v) is 9.84. The fraction of sp³-hybridized carbons (Fsp3) is 0.533. The normalized spacial score (nSPS) is 13.0. The number of hydrogen-bond donors (Lipinski definition) is 3. The molecule has 0 bridgehead atoms. The number of aryl methyl sites for hydroxylation is 2. The zero-order valence-corrected chi connectivity index (χ0v) is 35.7. The number of hydrogen-bond acceptors (Lipinski definition) is 15. The summed E-state index contributed by atoms with van der Waals surface area (Å²) in [4.78, 5) is 89.2. The Kier molecular flexibility index (Phi) is 21.3. The molecule has 0 radical (unpaired) electrons. The number of carbonyl (C=O) groups is 5. The van der Waals surface area contributed by atoms with Gasteiger partial charge in [0.05, 0.1) is 12.3 Å². The van der Waals surface area contributed by atoms with Crippen LogP contribution in [-0.4, -0.2) is 58.1 Å². The highest BCUT2D eigenvalue weighted by Gasteiger charge is 2.50. The zero-order valence-electron chi connectivity index (χ0n) is 35.7. The standard InChI is InChI=1S/C45H57NO16/c1-5-7-9-12-15-18-33(47)19-16-13-10-11-14-17-20-35(45(55,27-39(48)49)42(52)58-29-38-31(4)60-44(54)62-38)40(50)46-36(41(51)57-28-37-30(3)59-43(53)61-37)26-32-21-23-34(24-22-32)56-25-8-6-2/h17,20-24,35-36,55H,5,7,9-16,18-19,25-29H2,1-4H3,(H,46,50)(H,48,49)/b20-17+/t35-,36+,45+/m1/s1. The van der Waals surface area contributed by atoms with E-state index in [-0.39, 0.29) is 41.9 Å². The van der Waals surface area contributed by atoms with Crippen LogP contribution in [0, 0.1) is 31.6 Å². The van der Waals surface area contributed by atoms with Crippen molar-refractivity contribution in [3.05, 3.63) is 86.3 Å². The van der Waals surface area contributed by atoms with E-state index < -0.39 is 72.7 Å². The molecule has 62 heavy (non-hydrogen) atoms. The van der Waals surface area contributed by atoms with Crippen LogP contribution in [0.25, 0.3) is 0 Å². The first-order valence-electron chi connectivity index (χ1n) is 20.7. The van der Waals surface area contributed by atoms with E-state index in [9.17, 15) is 43.8 Å². The van der Waals surface area contributed by atoms with Gasteiger partial charge in [0, 0.05) is 19.3 Å². The van der Waals surface area contributed by atoms with Crippen LogP contribution < -0.4 is 21.7 Å². The van der Waals surface area contributed by atoms with Gasteiger partial charge < -0.3 is 47.4 Å². The van der Waals surface area contributed by atoms with Crippen molar-refractivity contribution in [3.8, 4) is 17.6 Å². The van der Waals surface area contributed by atoms with Crippen molar-refractivity contribution < 1.29 is 66.1 Å². The lowest BCUT2D eigenvalue weighted by atomic mass is 9.82. The van der Waals surface area contributed by atoms with Gasteiger partial charge in [-0.15, -0.1) is 5.92 Å². The van der Waals surface area contributed by atoms with Crippen LogP contribution in [0.15, 0.2) is 63.7 Å². The van der Waals surface area contributed by atoms with E-state index in [1.165, 1.54) is 26.0 Å². The summed E-state index contributed by atoms with van der Waals surface area (Å²) in [7, 11) is 0. The SMILES string of the molecule is CC#CCOc1ccc(C[C@H](NC(=O)[C@@H](/C=C/CCCCCCC(=O)CCCCCCC)[C@@](O)(CC(=O)O)C(=O)OCc2oc(=O)oc2C)C(=O)OCc2oc(=O)oc2C)cc1. The summed E-state index contributed by atoms with van der Waals surface area (Å²) in [5, 5.41) is 24.3. The predicted octanol–water partition coefficient (Wildman–Crippen LogP) is 5.96. The molecule has 0 saturated heterocycles. The molecule has 3 N–H and O–H groups in total. The molecule has 0 fully saturated rings. The average Bonchev–Trinajstić information content (AvgIpc) is 3.74. The van der Waals surface area contributed by atoms with E-state index in [4.69, 9.17) is 31.9 Å². The van der Waals surface area contributed by atoms with Gasteiger partial charge in [-0.1, -0.05) is 75.7 Å². The number of carboxylic acids is 1. The molecule has 3 rings (SSSR count). The van der Waals surface area contributed by atoms with Gasteiger partial charge in [0.1, 0.15) is 24.2 Å². The van der Waals surface area contributed by atoms with Crippen molar-refractivity contribution >= 4 is 29.6 Å². The lowest BCUT2D eigenvalue weighted by molar-refractivity contribution is -0.179. The van der Waals surface area contributed by atoms with E-state index >= 15 is 0 Å². The van der Waals surface area contributed by atoms with Gasteiger partial charge in [-0.2, -0.15) is 0 Å². The minimum Gasteiger partial charge on any atom is -0.481 e. The fourth-order valence-corrected chi connectivity index (χ4v) is 6.33. The summed E-state index contributed by atoms with van der Waals surface area (Å²) in [6, 6.07) is 4.96. The van der Waals surface area contributed by atoms with Gasteiger partial charge in [0.25, 0.3) is 0 Å². The van der Waals surface area contributed by atoms with Crippen molar-refractivity contribution in [2.24, 2.45) is 5.92 Å². The molecule has 0 saturated carbocycles. The lowest BCUT2D eigenvalue weighted by Crippen LogP contribution is -2.56. The Bertz CT molecular complexity index is 2130. The first-order chi connectivity index (χ1) is 29.7. The second-order valence-corrected chi connectivity index (χ2v) is 14.7. The first-order valence-corrected chi connectivity index (χ1v) is 20.7. The minimum absolute atomic E-state index is 0.0361. The summed E-state index contributed by atoms with van der Waals surface area (Å²) in [5.41, 5.74) is -2.56. The average molecular weight is 868 g/mol. The highest BCUT2D eigenvalue weighted by atomic mass is 16.6. The minimum atomic E-state index is -3.06. The van der Waals surface area contributed by atoms with Crippen molar-refractivity contribution in [1.82, 2.24) is 5.32 Å². The van der Waals surface area contributed by atoms with Crippen LogP contribution in [0.2, 0.25) is 0 Å². The van der Waals surface area contributed by atoms with Crippen molar-refractivity contribution in [2.75, 3.05) is 6.61 Å². The van der Waals surface area contributed by atoms with Gasteiger partial charge in [0.2, 0.25) is 5.91 Å². The highest BCUT2D eigenvalue weighted by molar-refractivity contribution is 5.95. The van der Waals surface area contributed by atoms with E-state index in [0.29, 0.717) is 37.0 Å². The summed E-state index contributed by atoms with van der Waals surface area (Å²) in [5.74, 6) is -3.53. The Morgan fingerprint density at radius 3 is 1.95 bits per heavy atom. The number of allylic oxidation sites excluding steroid dienone is 1. The molecule has 0 aliphatic carbocycles. The maximum Gasteiger partial charge on any atom is 0.519 e. The Morgan fingerprint density at radius 1 is 0.823 bits per heavy atom. The number of carbonyl (C=O) groups excluding carboxylic acids is 4. The molecule has 17 nitrogen and oxygen atoms in total. The molecule has 0 spiro atoms. The molecular formula is C45H57NO16. The quantitative estimate of drug-likeness (QED) is 0.0315. The number of carboxylic acid groups (broad SMARTS) is 1. The molecule has 338 valence electrons. The van der Waals surface area contributed by atoms with E-state index in [1.807, 2.05) is 0 Å². The van der Waals surface area contributed by atoms with E-state index in [2.05, 4.69) is 24.1 Å². The predicted molar refractivity (Wildman–Crippen MR) is 220 cm³/mol. The maximum absolute atomic E-state index is 14.3. The number of unbranched alkanes of at least 4 members (excludes halogenated alkanes) is 8. The first kappa shape index (κ1) is 50.2. The van der Waals surface area contributed by atoms with Crippen LogP contribution in [0.1, 0.15) is 126 Å². The zero-order chi connectivity index (χ0) is 45.5. The van der Waals surface area contributed by atoms with Crippen LogP contribution in [0.4, 0.5) is 0 Å². The monoisotopic (exact) mass is 867 g/mol. The number of amides is 1. The number of rotatable bonds is 29. The third kappa shape index (κ3) is 17.1. The van der Waals surface area contributed by atoms with Crippen LogP contribution >= 0.6 is 0 Å². The largest absolute Gasteiger partial charge is 0.519 e. The van der Waals surface area contributed by atoms with Crippen LogP contribution in [0.3, 0.4) is 0 Å². The van der Waals surface area contributed by atoms with Crippen LogP contribution in [-0.2, 0) is 53.1 Å². The Hall–Kier alpha value is -6.15. The molecule has 3 atom stereocenters. The number of Topliss-reactive ketones (excluding diaryl/α,β-unsaturated/α-hetero) is 1. The third-order valence-electron chi connectivity index (χ3n) is 9.84. The lowest BCUT2D eigenvalue weighted by Gasteiger charge is -2.31. The summed E-state index contributed by atoms with van der Waals surface area (Å²) in [6.45, 7) is 5.41. The molecule has 1 aromatic carbocycles. The van der Waals surface area contributed by atoms with Crippen molar-refractivity contribution in [2.45, 2.75) is 142 Å². The van der Waals surface area contributed by atoms with Gasteiger partial charge in [-0.05, 0) is 64.2 Å². The maximum atomic E-state index is 14.3. The molecule has 2 aromatic heterocycles. The van der Waals surface area contributed by atoms with Crippen molar-refractivity contribution in [3.63, 3.8) is 0 Å². The summed E-state index contributed by atoms with van der Waals surface area (Å²) in [6.07, 6.45) is 10.7. The molecule has 1 amide bonds. The fourth-order valence-electron chi connectivity index (χ4n) is 6.33. The Morgan fingerprint density at radius 2 is 1.40 bits per heavy atom. The number of aliphatic carboxylic acids is 1. The summed E-state index contributed by atoms with van der Waals surface area (Å²) >= 11 is 0. The number of esters is 2. The smallest absolute Gasteiger partial charge is 0.481 e. The molecular weight excluding hydrogens is 810 g/mol. The number of nitrogens with one attached hydrogen (secondary N) is 1. The molecule has 2 heterocycles. The van der Waals surface area contributed by atoms with E-state index in [0.717, 1.165) is 51.4 Å². The topological polar surface area (TPSA) is 252 Å². The summed E-state index contributed by atoms with van der Waals surface area (Å²) < 4.78 is 35.5. The van der Waals surface area contributed by atoms with Crippen LogP contribution in [0.5, 0.6) is 5.75 Å². The number of aliphatic hydroxyl groups is 1. The number of ether oxygens (including phenoxy) is 3. The van der Waals surface area contributed by atoms with Gasteiger partial charge in [-0.3, -0.25) is 14.4 Å². The molecule has 3 aromatic rings. The van der Waals surface area contributed by atoms with Crippen molar-refractivity contribution in [1.29, 1.82) is 0 Å². The van der Waals surface area contributed by atoms with Gasteiger partial charge in [-0.25, -0.2) is 19.2 Å². The van der Waals surface area contributed by atoms with Gasteiger partial charge in [0.15, 0.2) is 41.9 Å². The molecule has 17 heteroatoms. The number of ketones is 1. The Balaban J connectivity index is 1.85. The number of benzene rings is 1. The second-order valence-electron chi connectivity index (χ2n) is 14.7. The highest BCUT2D eigenvalue weighted by Crippen LogP contribution is 2.28. The van der Waals surface area contributed by atoms with Gasteiger partial charge >= 0.3 is 29.6 Å². The molecule has 0 unspecified atom stereocenters.